The number of carboxylic acid groups (broad SMARTS) is 1. The van der Waals surface area contributed by atoms with E-state index in [1.54, 1.807) is 6.07 Å². The number of ether oxygens (including phenoxy) is 1. The summed E-state index contributed by atoms with van der Waals surface area (Å²) in [5.74, 6) is -1.04. The van der Waals surface area contributed by atoms with E-state index in [2.05, 4.69) is 10.0 Å². The largest absolute Gasteiger partial charge is 0.495 e. The Hall–Kier alpha value is -2.13. The minimum absolute atomic E-state index is 0.00765. The van der Waals surface area contributed by atoms with Crippen molar-refractivity contribution in [1.82, 2.24) is 10.0 Å². The molecule has 0 saturated heterocycles. The molecule has 0 spiro atoms. The number of aliphatic carboxylic acids is 1. The van der Waals surface area contributed by atoms with Crippen molar-refractivity contribution in [3.63, 3.8) is 0 Å². The van der Waals surface area contributed by atoms with E-state index < -0.39 is 16.0 Å². The van der Waals surface area contributed by atoms with E-state index in [4.69, 9.17) is 9.84 Å². The van der Waals surface area contributed by atoms with Crippen LogP contribution in [0.2, 0.25) is 0 Å². The SMILES string of the molecule is COc1ccc(CNC(C)=O)cc1S(=O)(=O)NCCCC(=O)O. The van der Waals surface area contributed by atoms with Gasteiger partial charge in [-0.2, -0.15) is 0 Å². The maximum absolute atomic E-state index is 12.3. The van der Waals surface area contributed by atoms with Crippen LogP contribution in [-0.4, -0.2) is 39.1 Å². The van der Waals surface area contributed by atoms with Crippen molar-refractivity contribution in [2.24, 2.45) is 0 Å². The van der Waals surface area contributed by atoms with Gasteiger partial charge >= 0.3 is 5.97 Å². The lowest BCUT2D eigenvalue weighted by molar-refractivity contribution is -0.137. The molecular weight excluding hydrogens is 324 g/mol. The predicted molar refractivity (Wildman–Crippen MR) is 82.6 cm³/mol. The maximum Gasteiger partial charge on any atom is 0.303 e. The third kappa shape index (κ3) is 6.25. The van der Waals surface area contributed by atoms with Crippen molar-refractivity contribution in [2.45, 2.75) is 31.2 Å². The van der Waals surface area contributed by atoms with Crippen molar-refractivity contribution in [2.75, 3.05) is 13.7 Å². The number of nitrogens with one attached hydrogen (secondary N) is 2. The fraction of sp³-hybridized carbons (Fsp3) is 0.429. The molecule has 23 heavy (non-hydrogen) atoms. The molecule has 1 aromatic rings. The Labute approximate surface area is 134 Å². The molecule has 0 saturated carbocycles. The molecule has 8 nitrogen and oxygen atoms in total. The lowest BCUT2D eigenvalue weighted by Crippen LogP contribution is -2.26. The zero-order chi connectivity index (χ0) is 17.5. The van der Waals surface area contributed by atoms with Crippen LogP contribution in [0.5, 0.6) is 5.75 Å². The van der Waals surface area contributed by atoms with Gasteiger partial charge in [-0.1, -0.05) is 6.07 Å². The Balaban J connectivity index is 2.90. The van der Waals surface area contributed by atoms with E-state index in [-0.39, 0.29) is 42.5 Å². The third-order valence-electron chi connectivity index (χ3n) is 2.92. The molecule has 0 aromatic heterocycles. The molecule has 1 aromatic carbocycles. The minimum atomic E-state index is -3.84. The van der Waals surface area contributed by atoms with Gasteiger partial charge in [0.05, 0.1) is 7.11 Å². The fourth-order valence-corrected chi connectivity index (χ4v) is 3.08. The summed E-state index contributed by atoms with van der Waals surface area (Å²) in [6.45, 7) is 1.57. The number of amides is 1. The van der Waals surface area contributed by atoms with Crippen LogP contribution in [0, 0.1) is 0 Å². The van der Waals surface area contributed by atoms with Gasteiger partial charge in [-0.3, -0.25) is 9.59 Å². The molecule has 9 heteroatoms. The summed E-state index contributed by atoms with van der Waals surface area (Å²) >= 11 is 0. The molecule has 3 N–H and O–H groups in total. The molecule has 0 heterocycles. The summed E-state index contributed by atoms with van der Waals surface area (Å²) in [4.78, 5) is 21.3. The lowest BCUT2D eigenvalue weighted by Gasteiger charge is -2.12. The molecule has 1 amide bonds. The molecular formula is C14H20N2O6S. The average Bonchev–Trinajstić information content (AvgIpc) is 2.49. The van der Waals surface area contributed by atoms with Crippen molar-refractivity contribution >= 4 is 21.9 Å². The van der Waals surface area contributed by atoms with Crippen molar-refractivity contribution in [3.8, 4) is 5.75 Å². The number of hydrogen-bond donors (Lipinski definition) is 3. The second kappa shape index (κ2) is 8.49. The Kier molecular flexibility index (Phi) is 6.98. The highest BCUT2D eigenvalue weighted by molar-refractivity contribution is 7.89. The third-order valence-corrected chi connectivity index (χ3v) is 4.40. The molecule has 0 unspecified atom stereocenters. The summed E-state index contributed by atoms with van der Waals surface area (Å²) in [7, 11) is -2.49. The number of sulfonamides is 1. The van der Waals surface area contributed by atoms with Crippen LogP contribution in [-0.2, 0) is 26.2 Å². The van der Waals surface area contributed by atoms with Crippen molar-refractivity contribution in [1.29, 1.82) is 0 Å². The first-order valence-corrected chi connectivity index (χ1v) is 8.37. The molecule has 1 rings (SSSR count). The zero-order valence-electron chi connectivity index (χ0n) is 13.0. The van der Waals surface area contributed by atoms with E-state index >= 15 is 0 Å². The van der Waals surface area contributed by atoms with Crippen LogP contribution in [0.1, 0.15) is 25.3 Å². The van der Waals surface area contributed by atoms with Gasteiger partial charge in [-0.05, 0) is 24.1 Å². The Morgan fingerprint density at radius 1 is 1.30 bits per heavy atom. The maximum atomic E-state index is 12.3. The highest BCUT2D eigenvalue weighted by atomic mass is 32.2. The Morgan fingerprint density at radius 3 is 2.57 bits per heavy atom. The van der Waals surface area contributed by atoms with E-state index in [9.17, 15) is 18.0 Å². The van der Waals surface area contributed by atoms with E-state index in [0.29, 0.717) is 5.56 Å². The topological polar surface area (TPSA) is 122 Å². The normalized spacial score (nSPS) is 11.0. The quantitative estimate of drug-likeness (QED) is 0.560. The fourth-order valence-electron chi connectivity index (χ4n) is 1.79. The van der Waals surface area contributed by atoms with Crippen molar-refractivity contribution < 1.29 is 27.9 Å². The predicted octanol–water partition coefficient (Wildman–Crippen LogP) is 0.474. The summed E-state index contributed by atoms with van der Waals surface area (Å²) in [5, 5.41) is 11.1. The molecule has 128 valence electrons. The summed E-state index contributed by atoms with van der Waals surface area (Å²) in [5.41, 5.74) is 0.604. The van der Waals surface area contributed by atoms with Gasteiger partial charge in [0.25, 0.3) is 0 Å². The van der Waals surface area contributed by atoms with Gasteiger partial charge in [-0.25, -0.2) is 13.1 Å². The first kappa shape index (κ1) is 18.9. The zero-order valence-corrected chi connectivity index (χ0v) is 13.8. The smallest absolute Gasteiger partial charge is 0.303 e. The summed E-state index contributed by atoms with van der Waals surface area (Å²) < 4.78 is 32.0. The lowest BCUT2D eigenvalue weighted by atomic mass is 10.2. The number of hydrogen-bond acceptors (Lipinski definition) is 5. The van der Waals surface area contributed by atoms with Crippen LogP contribution in [0.15, 0.2) is 23.1 Å². The number of carbonyl (C=O) groups excluding carboxylic acids is 1. The van der Waals surface area contributed by atoms with Crippen LogP contribution in [0.25, 0.3) is 0 Å². The van der Waals surface area contributed by atoms with Crippen LogP contribution in [0.3, 0.4) is 0 Å². The number of carbonyl (C=O) groups is 2. The average molecular weight is 344 g/mol. The van der Waals surface area contributed by atoms with E-state index in [0.717, 1.165) is 0 Å². The van der Waals surface area contributed by atoms with Crippen LogP contribution >= 0.6 is 0 Å². The van der Waals surface area contributed by atoms with Gasteiger partial charge in [0.2, 0.25) is 15.9 Å². The summed E-state index contributed by atoms with van der Waals surface area (Å²) in [6, 6.07) is 4.56. The van der Waals surface area contributed by atoms with Crippen molar-refractivity contribution in [3.05, 3.63) is 23.8 Å². The molecule has 0 bridgehead atoms. The standard InChI is InChI=1S/C14H20N2O6S/c1-10(17)15-9-11-5-6-12(22-2)13(8-11)23(20,21)16-7-3-4-14(18)19/h5-6,8,16H,3-4,7,9H2,1-2H3,(H,15,17)(H,18,19). The second-order valence-electron chi connectivity index (χ2n) is 4.79. The van der Waals surface area contributed by atoms with Gasteiger partial charge in [-0.15, -0.1) is 0 Å². The molecule has 0 radical (unpaired) electrons. The highest BCUT2D eigenvalue weighted by Gasteiger charge is 2.19. The molecule has 0 aliphatic rings. The summed E-state index contributed by atoms with van der Waals surface area (Å²) in [6.07, 6.45) is 0.0602. The van der Waals surface area contributed by atoms with Crippen LogP contribution in [0.4, 0.5) is 0 Å². The number of carboxylic acids is 1. The van der Waals surface area contributed by atoms with E-state index in [1.807, 2.05) is 0 Å². The first-order chi connectivity index (χ1) is 10.8. The van der Waals surface area contributed by atoms with Gasteiger partial charge < -0.3 is 15.2 Å². The molecule has 0 aliphatic carbocycles. The molecule has 0 atom stereocenters. The number of methoxy groups -OCH3 is 1. The highest BCUT2D eigenvalue weighted by Crippen LogP contribution is 2.24. The van der Waals surface area contributed by atoms with Gasteiger partial charge in [0.1, 0.15) is 10.6 Å². The Bertz CT molecular complexity index is 672. The van der Waals surface area contributed by atoms with Gasteiger partial charge in [0, 0.05) is 26.4 Å². The van der Waals surface area contributed by atoms with Gasteiger partial charge in [0.15, 0.2) is 0 Å². The molecule has 0 fully saturated rings. The van der Waals surface area contributed by atoms with E-state index in [1.165, 1.54) is 26.2 Å². The monoisotopic (exact) mass is 344 g/mol. The molecule has 0 aliphatic heterocycles. The number of rotatable bonds is 9. The Morgan fingerprint density at radius 2 is 2.00 bits per heavy atom. The number of benzene rings is 1. The van der Waals surface area contributed by atoms with Crippen LogP contribution < -0.4 is 14.8 Å². The first-order valence-electron chi connectivity index (χ1n) is 6.89. The second-order valence-corrected chi connectivity index (χ2v) is 6.53. The minimum Gasteiger partial charge on any atom is -0.495 e.